The number of amides is 1. The number of nitrogens with zero attached hydrogens (tertiary/aromatic N) is 2. The van der Waals surface area contributed by atoms with Crippen molar-refractivity contribution in [3.8, 4) is 6.07 Å². The first-order valence-corrected chi connectivity index (χ1v) is 14.2. The fraction of sp³-hybridized carbons (Fsp3) is 0.207. The largest absolute Gasteiger partial charge is 0.349 e. The SMILES string of the molecule is CCc1cccc(CC)c1NC(=O)CS/C(Nc1cccc(Cl)c1C)=C(\C#N)c1nc2ccccc2s1. The number of nitrogens with one attached hydrogen (secondary N) is 2. The summed E-state index contributed by atoms with van der Waals surface area (Å²) in [7, 11) is 0. The summed E-state index contributed by atoms with van der Waals surface area (Å²) in [5, 5.41) is 18.4. The Bertz CT molecular complexity index is 1460. The van der Waals surface area contributed by atoms with E-state index in [1.54, 1.807) is 0 Å². The molecular weight excluding hydrogens is 520 g/mol. The highest BCUT2D eigenvalue weighted by atomic mass is 35.5. The standard InChI is InChI=1S/C29H27ClN4OS2/c1-4-19-10-8-11-20(5-2)27(19)34-26(35)17-36-28(32-23-14-9-12-22(30)18(23)3)21(16-31)29-33-24-13-6-7-15-25(24)37-29/h6-15,32H,4-5,17H2,1-3H3,(H,34,35)/b28-21+. The van der Waals surface area contributed by atoms with Crippen LogP contribution in [0.4, 0.5) is 11.4 Å². The molecule has 0 aliphatic carbocycles. The first kappa shape index (κ1) is 26.7. The number of thioether (sulfide) groups is 1. The average molecular weight is 547 g/mol. The summed E-state index contributed by atoms with van der Waals surface area (Å²) < 4.78 is 0.995. The molecule has 0 atom stereocenters. The molecule has 8 heteroatoms. The molecule has 0 saturated carbocycles. The Morgan fingerprint density at radius 3 is 2.41 bits per heavy atom. The van der Waals surface area contributed by atoms with Crippen LogP contribution in [0, 0.1) is 18.3 Å². The number of benzene rings is 3. The molecule has 0 saturated heterocycles. The molecule has 1 aromatic heterocycles. The van der Waals surface area contributed by atoms with Crippen molar-refractivity contribution in [3.05, 3.63) is 92.4 Å². The van der Waals surface area contributed by atoms with Gasteiger partial charge in [0.2, 0.25) is 5.91 Å². The van der Waals surface area contributed by atoms with Crippen LogP contribution in [-0.2, 0) is 17.6 Å². The minimum Gasteiger partial charge on any atom is -0.349 e. The molecule has 0 fully saturated rings. The lowest BCUT2D eigenvalue weighted by molar-refractivity contribution is -0.113. The number of fused-ring (bicyclic) bond motifs is 1. The van der Waals surface area contributed by atoms with Gasteiger partial charge in [-0.25, -0.2) is 4.98 Å². The van der Waals surface area contributed by atoms with E-state index < -0.39 is 0 Å². The van der Waals surface area contributed by atoms with Crippen molar-refractivity contribution in [2.24, 2.45) is 0 Å². The topological polar surface area (TPSA) is 77.8 Å². The highest BCUT2D eigenvalue weighted by Gasteiger charge is 2.18. The zero-order valence-electron chi connectivity index (χ0n) is 20.9. The lowest BCUT2D eigenvalue weighted by Crippen LogP contribution is -2.17. The number of aromatic nitrogens is 1. The minimum absolute atomic E-state index is 0.124. The Kier molecular flexibility index (Phi) is 8.88. The van der Waals surface area contributed by atoms with E-state index in [1.807, 2.05) is 67.6 Å². The average Bonchev–Trinajstić information content (AvgIpc) is 3.34. The molecule has 0 unspecified atom stereocenters. The molecule has 0 spiro atoms. The van der Waals surface area contributed by atoms with Crippen molar-refractivity contribution in [3.63, 3.8) is 0 Å². The number of thiazole rings is 1. The third-order valence-electron chi connectivity index (χ3n) is 5.97. The molecule has 0 radical (unpaired) electrons. The number of para-hydroxylation sites is 2. The van der Waals surface area contributed by atoms with Crippen LogP contribution in [0.3, 0.4) is 0 Å². The van der Waals surface area contributed by atoms with E-state index >= 15 is 0 Å². The molecule has 1 amide bonds. The van der Waals surface area contributed by atoms with E-state index in [4.69, 9.17) is 11.6 Å². The molecule has 0 aliphatic heterocycles. The van der Waals surface area contributed by atoms with Gasteiger partial charge in [0.1, 0.15) is 16.6 Å². The van der Waals surface area contributed by atoms with Gasteiger partial charge in [0.25, 0.3) is 0 Å². The smallest absolute Gasteiger partial charge is 0.234 e. The lowest BCUT2D eigenvalue weighted by Gasteiger charge is -2.17. The second kappa shape index (κ2) is 12.3. The molecule has 4 rings (SSSR count). The predicted octanol–water partition coefficient (Wildman–Crippen LogP) is 8.06. The van der Waals surface area contributed by atoms with Gasteiger partial charge in [0.15, 0.2) is 0 Å². The Labute approximate surface area is 230 Å². The van der Waals surface area contributed by atoms with Gasteiger partial charge >= 0.3 is 0 Å². The van der Waals surface area contributed by atoms with Crippen LogP contribution < -0.4 is 10.6 Å². The van der Waals surface area contributed by atoms with Crippen LogP contribution in [0.1, 0.15) is 35.5 Å². The number of hydrogen-bond acceptors (Lipinski definition) is 6. The number of nitriles is 1. The van der Waals surface area contributed by atoms with Gasteiger partial charge in [-0.3, -0.25) is 4.79 Å². The summed E-state index contributed by atoms with van der Waals surface area (Å²) in [6, 6.07) is 21.8. The van der Waals surface area contributed by atoms with Crippen molar-refractivity contribution in [1.29, 1.82) is 5.26 Å². The highest BCUT2D eigenvalue weighted by molar-refractivity contribution is 8.04. The number of hydrogen-bond donors (Lipinski definition) is 2. The normalized spacial score (nSPS) is 11.6. The van der Waals surface area contributed by atoms with E-state index in [0.717, 1.165) is 51.1 Å². The summed E-state index contributed by atoms with van der Waals surface area (Å²) in [4.78, 5) is 17.8. The predicted molar refractivity (Wildman–Crippen MR) is 158 cm³/mol. The number of aryl methyl sites for hydroxylation is 2. The Balaban J connectivity index is 1.67. The van der Waals surface area contributed by atoms with Crippen LogP contribution in [0.15, 0.2) is 65.7 Å². The quantitative estimate of drug-likeness (QED) is 0.208. The number of carbonyl (C=O) groups is 1. The molecule has 0 bridgehead atoms. The Hall–Kier alpha value is -3.31. The van der Waals surface area contributed by atoms with Crippen molar-refractivity contribution in [1.82, 2.24) is 4.98 Å². The van der Waals surface area contributed by atoms with E-state index in [-0.39, 0.29) is 11.7 Å². The van der Waals surface area contributed by atoms with Gasteiger partial charge in [-0.2, -0.15) is 5.26 Å². The van der Waals surface area contributed by atoms with Gasteiger partial charge in [0, 0.05) is 16.4 Å². The van der Waals surface area contributed by atoms with Crippen LogP contribution in [0.2, 0.25) is 5.02 Å². The van der Waals surface area contributed by atoms with Crippen LogP contribution in [-0.4, -0.2) is 16.6 Å². The molecule has 188 valence electrons. The highest BCUT2D eigenvalue weighted by Crippen LogP contribution is 2.35. The molecular formula is C29H27ClN4OS2. The van der Waals surface area contributed by atoms with E-state index in [1.165, 1.54) is 23.1 Å². The second-order valence-electron chi connectivity index (χ2n) is 8.34. The third-order valence-corrected chi connectivity index (χ3v) is 8.44. The maximum absolute atomic E-state index is 13.1. The summed E-state index contributed by atoms with van der Waals surface area (Å²) in [6.07, 6.45) is 1.65. The Morgan fingerprint density at radius 2 is 1.73 bits per heavy atom. The minimum atomic E-state index is -0.135. The van der Waals surface area contributed by atoms with Gasteiger partial charge in [0.05, 0.1) is 21.0 Å². The second-order valence-corrected chi connectivity index (χ2v) is 10.8. The molecule has 1 heterocycles. The summed E-state index contributed by atoms with van der Waals surface area (Å²) in [6.45, 7) is 6.07. The summed E-state index contributed by atoms with van der Waals surface area (Å²) >= 11 is 9.09. The summed E-state index contributed by atoms with van der Waals surface area (Å²) in [5.41, 5.74) is 5.95. The fourth-order valence-corrected chi connectivity index (χ4v) is 5.95. The number of rotatable bonds is 9. The van der Waals surface area contributed by atoms with Crippen molar-refractivity contribution in [2.75, 3.05) is 16.4 Å². The third kappa shape index (κ3) is 6.16. The fourth-order valence-electron chi connectivity index (χ4n) is 3.93. The van der Waals surface area contributed by atoms with Crippen molar-refractivity contribution >= 4 is 67.8 Å². The lowest BCUT2D eigenvalue weighted by atomic mass is 10.0. The van der Waals surface area contributed by atoms with Crippen LogP contribution in [0.25, 0.3) is 15.8 Å². The van der Waals surface area contributed by atoms with E-state index in [2.05, 4.69) is 35.5 Å². The number of carbonyl (C=O) groups excluding carboxylic acids is 1. The van der Waals surface area contributed by atoms with Crippen LogP contribution >= 0.6 is 34.7 Å². The van der Waals surface area contributed by atoms with E-state index in [0.29, 0.717) is 20.6 Å². The molecule has 4 aromatic rings. The van der Waals surface area contributed by atoms with Crippen molar-refractivity contribution < 1.29 is 4.79 Å². The monoisotopic (exact) mass is 546 g/mol. The molecule has 37 heavy (non-hydrogen) atoms. The first-order chi connectivity index (χ1) is 17.9. The number of allylic oxidation sites excluding steroid dienone is 1. The molecule has 3 aromatic carbocycles. The zero-order valence-corrected chi connectivity index (χ0v) is 23.3. The molecule has 2 N–H and O–H groups in total. The number of halogens is 1. The number of anilines is 2. The Morgan fingerprint density at radius 1 is 1.03 bits per heavy atom. The van der Waals surface area contributed by atoms with Gasteiger partial charge < -0.3 is 10.6 Å². The molecule has 0 aliphatic rings. The summed E-state index contributed by atoms with van der Waals surface area (Å²) in [5.74, 6) is -0.0107. The van der Waals surface area contributed by atoms with E-state index in [9.17, 15) is 10.1 Å². The molecule has 5 nitrogen and oxygen atoms in total. The van der Waals surface area contributed by atoms with Crippen LogP contribution in [0.5, 0.6) is 0 Å². The van der Waals surface area contributed by atoms with Gasteiger partial charge in [-0.15, -0.1) is 11.3 Å². The van der Waals surface area contributed by atoms with Gasteiger partial charge in [-0.1, -0.05) is 73.6 Å². The van der Waals surface area contributed by atoms with Gasteiger partial charge in [-0.05, 0) is 60.7 Å². The maximum atomic E-state index is 13.1. The van der Waals surface area contributed by atoms with Crippen molar-refractivity contribution in [2.45, 2.75) is 33.6 Å². The zero-order chi connectivity index (χ0) is 26.4. The first-order valence-electron chi connectivity index (χ1n) is 12.0. The maximum Gasteiger partial charge on any atom is 0.234 e.